The number of rotatable bonds is 7. The lowest BCUT2D eigenvalue weighted by molar-refractivity contribution is 0.613. The molecule has 4 aromatic carbocycles. The normalized spacial score (nSPS) is 14.0. The highest BCUT2D eigenvalue weighted by atomic mass is 32.2. The molecule has 42 heavy (non-hydrogen) atoms. The van der Waals surface area contributed by atoms with E-state index in [-0.39, 0.29) is 0 Å². The smallest absolute Gasteiger partial charge is 0.168 e. The fourth-order valence-corrected chi connectivity index (χ4v) is 8.14. The Labute approximate surface area is 256 Å². The molecule has 4 aromatic rings. The van der Waals surface area contributed by atoms with E-state index in [9.17, 15) is 16.8 Å². The second-order valence-electron chi connectivity index (χ2n) is 9.45. The fourth-order valence-electron chi connectivity index (χ4n) is 5.04. The third-order valence-electron chi connectivity index (χ3n) is 6.99. The van der Waals surface area contributed by atoms with Crippen LogP contribution in [0.3, 0.4) is 0 Å². The van der Waals surface area contributed by atoms with Crippen LogP contribution in [0.1, 0.15) is 25.0 Å². The molecule has 0 N–H and O–H groups in total. The van der Waals surface area contributed by atoms with Crippen molar-refractivity contribution in [3.63, 3.8) is 0 Å². The van der Waals surface area contributed by atoms with Crippen LogP contribution in [0.25, 0.3) is 0 Å². The Hall–Kier alpha value is -3.58. The van der Waals surface area contributed by atoms with Gasteiger partial charge in [0.1, 0.15) is 0 Å². The minimum Gasteiger partial charge on any atom is -0.340 e. The molecular formula is C30H26N4O4S4. The van der Waals surface area contributed by atoms with Crippen LogP contribution in [0.2, 0.25) is 0 Å². The van der Waals surface area contributed by atoms with E-state index in [0.29, 0.717) is 22.9 Å². The summed E-state index contributed by atoms with van der Waals surface area (Å²) in [7, 11) is -5.28. The molecule has 12 heteroatoms. The number of hydrogen-bond acceptors (Lipinski definition) is 10. The Balaban J connectivity index is 1.20. The van der Waals surface area contributed by atoms with Crippen molar-refractivity contribution in [3.05, 3.63) is 83.9 Å². The second-order valence-corrected chi connectivity index (χ2v) is 13.7. The van der Waals surface area contributed by atoms with E-state index in [1.54, 1.807) is 60.2 Å². The molecule has 8 nitrogen and oxygen atoms in total. The molecule has 0 aliphatic carbocycles. The van der Waals surface area contributed by atoms with Gasteiger partial charge in [0.2, 0.25) is 0 Å². The third-order valence-corrected chi connectivity index (χ3v) is 10.6. The van der Waals surface area contributed by atoms with Gasteiger partial charge in [-0.3, -0.25) is 0 Å². The predicted molar refractivity (Wildman–Crippen MR) is 172 cm³/mol. The summed E-state index contributed by atoms with van der Waals surface area (Å²) in [6.07, 6.45) is 3.43. The predicted octanol–water partition coefficient (Wildman–Crippen LogP) is 6.33. The molecule has 2 heterocycles. The van der Waals surface area contributed by atoms with Gasteiger partial charge in [0, 0.05) is 32.7 Å². The molecule has 0 unspecified atom stereocenters. The van der Waals surface area contributed by atoms with E-state index in [2.05, 4.69) is 32.1 Å². The van der Waals surface area contributed by atoms with E-state index in [1.807, 2.05) is 50.2 Å². The Morgan fingerprint density at radius 2 is 1.00 bits per heavy atom. The van der Waals surface area contributed by atoms with Crippen molar-refractivity contribution in [3.8, 4) is 0 Å². The molecule has 0 radical (unpaired) electrons. The Kier molecular flexibility index (Phi) is 8.13. The van der Waals surface area contributed by atoms with Gasteiger partial charge in [0.15, 0.2) is 21.4 Å². The van der Waals surface area contributed by atoms with Crippen molar-refractivity contribution in [1.29, 1.82) is 0 Å². The molecule has 0 saturated heterocycles. The number of benzene rings is 4. The van der Waals surface area contributed by atoms with Gasteiger partial charge in [0.25, 0.3) is 0 Å². The van der Waals surface area contributed by atoms with Crippen molar-refractivity contribution in [2.75, 3.05) is 22.9 Å². The molecule has 0 spiro atoms. The van der Waals surface area contributed by atoms with Crippen LogP contribution in [-0.2, 0) is 21.4 Å². The highest BCUT2D eigenvalue weighted by Crippen LogP contribution is 2.49. The van der Waals surface area contributed by atoms with E-state index < -0.39 is 21.4 Å². The Morgan fingerprint density at radius 1 is 0.571 bits per heavy atom. The molecule has 2 aliphatic heterocycles. The van der Waals surface area contributed by atoms with Crippen LogP contribution < -0.4 is 9.80 Å². The molecule has 0 bridgehead atoms. The molecule has 214 valence electrons. The van der Waals surface area contributed by atoms with Gasteiger partial charge in [-0.2, -0.15) is 10.2 Å². The molecule has 0 fully saturated rings. The van der Waals surface area contributed by atoms with Crippen LogP contribution in [0.5, 0.6) is 0 Å². The zero-order chi connectivity index (χ0) is 29.4. The van der Waals surface area contributed by atoms with Gasteiger partial charge < -0.3 is 9.80 Å². The van der Waals surface area contributed by atoms with Gasteiger partial charge in [-0.25, -0.2) is 16.8 Å². The van der Waals surface area contributed by atoms with Crippen molar-refractivity contribution in [2.24, 2.45) is 10.2 Å². The highest BCUT2D eigenvalue weighted by Gasteiger charge is 2.24. The summed E-state index contributed by atoms with van der Waals surface area (Å²) in [6, 6.07) is 22.6. The lowest BCUT2D eigenvalue weighted by Gasteiger charge is -2.32. The van der Waals surface area contributed by atoms with Crippen LogP contribution in [-0.4, -0.2) is 42.4 Å². The third kappa shape index (κ3) is 5.47. The van der Waals surface area contributed by atoms with Crippen LogP contribution >= 0.6 is 23.5 Å². The Bertz CT molecular complexity index is 1780. The van der Waals surface area contributed by atoms with Crippen molar-refractivity contribution >= 4 is 80.1 Å². The van der Waals surface area contributed by atoms with Crippen molar-refractivity contribution < 1.29 is 16.8 Å². The fraction of sp³-hybridized carbons (Fsp3) is 0.133. The summed E-state index contributed by atoms with van der Waals surface area (Å²) in [4.78, 5) is 9.02. The second kappa shape index (κ2) is 12.0. The molecule has 0 saturated carbocycles. The number of hydrogen-bond donors (Lipinski definition) is 2. The van der Waals surface area contributed by atoms with Gasteiger partial charge in [-0.1, -0.05) is 35.7 Å². The first kappa shape index (κ1) is 28.5. The van der Waals surface area contributed by atoms with E-state index >= 15 is 0 Å². The number of fused-ring (bicyclic) bond motifs is 4. The van der Waals surface area contributed by atoms with Crippen molar-refractivity contribution in [1.82, 2.24) is 0 Å². The summed E-state index contributed by atoms with van der Waals surface area (Å²) < 4.78 is 46.1. The summed E-state index contributed by atoms with van der Waals surface area (Å²) in [6.45, 7) is 5.51. The maximum Gasteiger partial charge on any atom is 0.168 e. The molecule has 0 aromatic heterocycles. The van der Waals surface area contributed by atoms with Crippen molar-refractivity contribution in [2.45, 2.75) is 43.2 Å². The molecule has 6 rings (SSSR count). The van der Waals surface area contributed by atoms with Gasteiger partial charge >= 0.3 is 0 Å². The lowest BCUT2D eigenvalue weighted by Crippen LogP contribution is -2.20. The first-order valence-corrected chi connectivity index (χ1v) is 17.2. The van der Waals surface area contributed by atoms with E-state index in [0.717, 1.165) is 53.5 Å². The van der Waals surface area contributed by atoms with Gasteiger partial charge in [0.05, 0.1) is 45.0 Å². The first-order valence-electron chi connectivity index (χ1n) is 13.2. The zero-order valence-corrected chi connectivity index (χ0v) is 26.1. The van der Waals surface area contributed by atoms with Crippen LogP contribution in [0, 0.1) is 0 Å². The largest absolute Gasteiger partial charge is 0.340 e. The highest BCUT2D eigenvalue weighted by molar-refractivity contribution is 8.00. The summed E-state index contributed by atoms with van der Waals surface area (Å²) in [5.41, 5.74) is 5.67. The minimum absolute atomic E-state index is 0.312. The average molecular weight is 635 g/mol. The first-order chi connectivity index (χ1) is 20.4. The monoisotopic (exact) mass is 634 g/mol. The topological polar surface area (TPSA) is 99.5 Å². The van der Waals surface area contributed by atoms with Gasteiger partial charge in [-0.15, -0.1) is 0 Å². The summed E-state index contributed by atoms with van der Waals surface area (Å²) in [5.74, 6) is 0. The molecule has 0 atom stereocenters. The summed E-state index contributed by atoms with van der Waals surface area (Å²) >= 11 is 3.22. The average Bonchev–Trinajstić information content (AvgIpc) is 2.99. The lowest BCUT2D eigenvalue weighted by atomic mass is 10.1. The maximum atomic E-state index is 11.5. The van der Waals surface area contributed by atoms with E-state index in [4.69, 9.17) is 0 Å². The quantitative estimate of drug-likeness (QED) is 0.138. The van der Waals surface area contributed by atoms with Gasteiger partial charge in [-0.05, 0) is 85.6 Å². The number of nitrogens with zero attached hydrogens (tertiary/aromatic N) is 4. The van der Waals surface area contributed by atoms with E-state index in [1.165, 1.54) is 0 Å². The van der Waals surface area contributed by atoms with Crippen LogP contribution in [0.15, 0.2) is 112 Å². The standard InChI is InChI=1S/C30H26N4O4S4/c1-3-33-23-9-5-19(13-29(23)39-27-11-7-21(41(35)36)15-25(27)33)17-31-32-18-20-6-10-24-30(14-20)40-28-12-8-22(42(37)38)16-26(28)34(24)4-2/h5-18,41-42H,3-4H2,1-2H3/b31-17+,32-18+. The Morgan fingerprint density at radius 3 is 1.38 bits per heavy atom. The molecular weight excluding hydrogens is 609 g/mol. The summed E-state index contributed by atoms with van der Waals surface area (Å²) in [5, 5.41) is 8.57. The number of thiol groups is 2. The molecule has 2 aliphatic rings. The maximum absolute atomic E-state index is 11.5. The minimum atomic E-state index is -2.64. The zero-order valence-electron chi connectivity index (χ0n) is 22.6. The molecule has 0 amide bonds. The number of anilines is 4. The van der Waals surface area contributed by atoms with Crippen LogP contribution in [0.4, 0.5) is 22.7 Å². The SMILES string of the molecule is CCN1c2ccc(/C=N/N=C/c3ccc4c(c3)Sc3ccc([SH](=O)=O)cc3N4CC)cc2Sc2ccc([SH](=O)=O)cc21.